The highest BCUT2D eigenvalue weighted by Crippen LogP contribution is 2.16. The van der Waals surface area contributed by atoms with E-state index in [9.17, 15) is 13.0 Å². The molecule has 0 fully saturated rings. The maximum Gasteiger partial charge on any atom is 0.294 e. The Morgan fingerprint density at radius 2 is 1.42 bits per heavy atom. The van der Waals surface area contributed by atoms with Crippen LogP contribution in [0.4, 0.5) is 0 Å². The van der Waals surface area contributed by atoms with Crippen LogP contribution in [0.3, 0.4) is 0 Å². The maximum absolute atomic E-state index is 11.3. The van der Waals surface area contributed by atoms with Gasteiger partial charge in [-0.2, -0.15) is 8.42 Å². The molecule has 1 aromatic rings. The molecule has 0 bridgehead atoms. The number of unbranched alkanes of at least 4 members (excludes halogenated alkanes) is 9. The fourth-order valence-corrected chi connectivity index (χ4v) is 3.46. The summed E-state index contributed by atoms with van der Waals surface area (Å²) < 4.78 is 37.3. The quantitative estimate of drug-likeness (QED) is 0.359. The van der Waals surface area contributed by atoms with E-state index in [0.29, 0.717) is 12.2 Å². The molecule has 1 rings (SSSR count). The minimum Gasteiger partial charge on any atom is -0.377 e. The summed E-state index contributed by atoms with van der Waals surface area (Å²) in [5.41, 5.74) is 0.507. The largest absolute Gasteiger partial charge is 0.377 e. The molecule has 0 saturated carbocycles. The Bertz CT molecular complexity index is 540. The van der Waals surface area contributed by atoms with Gasteiger partial charge in [0.1, 0.15) is 0 Å². The van der Waals surface area contributed by atoms with E-state index in [1.54, 1.807) is 18.2 Å². The average Bonchev–Trinajstić information content (AvgIpc) is 2.55. The SMILES string of the molecule is CCCCCCCCCCCCOCc1ccccc1S(=O)(=O)O. The second kappa shape index (κ2) is 12.5. The molecule has 0 aliphatic carbocycles. The number of benzene rings is 1. The zero-order chi connectivity index (χ0) is 17.7. The molecule has 0 saturated heterocycles. The molecule has 5 heteroatoms. The van der Waals surface area contributed by atoms with Gasteiger partial charge in [0.2, 0.25) is 0 Å². The first-order valence-corrected chi connectivity index (χ1v) is 10.6. The van der Waals surface area contributed by atoms with Gasteiger partial charge in [0.05, 0.1) is 11.5 Å². The summed E-state index contributed by atoms with van der Waals surface area (Å²) in [4.78, 5) is -0.0620. The van der Waals surface area contributed by atoms with Gasteiger partial charge in [0.15, 0.2) is 0 Å². The van der Waals surface area contributed by atoms with Gasteiger partial charge >= 0.3 is 0 Å². The third-order valence-electron chi connectivity index (χ3n) is 4.15. The molecule has 4 nitrogen and oxygen atoms in total. The van der Waals surface area contributed by atoms with Crippen LogP contribution in [-0.2, 0) is 21.5 Å². The van der Waals surface area contributed by atoms with Crippen molar-refractivity contribution in [2.24, 2.45) is 0 Å². The van der Waals surface area contributed by atoms with Gasteiger partial charge in [-0.25, -0.2) is 0 Å². The van der Waals surface area contributed by atoms with Crippen molar-refractivity contribution in [1.29, 1.82) is 0 Å². The summed E-state index contributed by atoms with van der Waals surface area (Å²) in [7, 11) is -4.18. The third kappa shape index (κ3) is 9.40. The van der Waals surface area contributed by atoms with Crippen LogP contribution in [0.1, 0.15) is 76.7 Å². The van der Waals surface area contributed by atoms with Crippen LogP contribution >= 0.6 is 0 Å². The Kier molecular flexibility index (Phi) is 11.0. The van der Waals surface area contributed by atoms with Crippen molar-refractivity contribution in [3.05, 3.63) is 29.8 Å². The molecule has 0 amide bonds. The second-order valence-electron chi connectivity index (χ2n) is 6.32. The first-order chi connectivity index (χ1) is 11.6. The number of hydrogen-bond acceptors (Lipinski definition) is 3. The summed E-state index contributed by atoms with van der Waals surface area (Å²) in [5.74, 6) is 0. The molecule has 0 aromatic heterocycles. The van der Waals surface area contributed by atoms with Gasteiger partial charge in [0, 0.05) is 6.61 Å². The molecule has 0 aliphatic heterocycles. The lowest BCUT2D eigenvalue weighted by Gasteiger charge is -2.08. The van der Waals surface area contributed by atoms with Gasteiger partial charge in [-0.1, -0.05) is 82.9 Å². The topological polar surface area (TPSA) is 63.6 Å². The summed E-state index contributed by atoms with van der Waals surface area (Å²) in [6.07, 6.45) is 12.7. The van der Waals surface area contributed by atoms with E-state index in [1.165, 1.54) is 57.4 Å². The van der Waals surface area contributed by atoms with Crippen molar-refractivity contribution in [3.8, 4) is 0 Å². The van der Waals surface area contributed by atoms with Crippen LogP contribution < -0.4 is 0 Å². The van der Waals surface area contributed by atoms with Gasteiger partial charge in [-0.3, -0.25) is 4.55 Å². The molecular formula is C19H32O4S. The lowest BCUT2D eigenvalue weighted by atomic mass is 10.1. The van der Waals surface area contributed by atoms with E-state index in [2.05, 4.69) is 6.92 Å². The van der Waals surface area contributed by atoms with Crippen LogP contribution in [0.25, 0.3) is 0 Å². The molecule has 1 N–H and O–H groups in total. The Hall–Kier alpha value is -0.910. The first-order valence-electron chi connectivity index (χ1n) is 9.19. The monoisotopic (exact) mass is 356 g/mol. The minimum atomic E-state index is -4.18. The van der Waals surface area contributed by atoms with Crippen LogP contribution in [0.2, 0.25) is 0 Å². The fraction of sp³-hybridized carbons (Fsp3) is 0.684. The van der Waals surface area contributed by atoms with E-state index in [1.807, 2.05) is 0 Å². The van der Waals surface area contributed by atoms with Crippen LogP contribution in [-0.4, -0.2) is 19.6 Å². The lowest BCUT2D eigenvalue weighted by Crippen LogP contribution is -2.05. The smallest absolute Gasteiger partial charge is 0.294 e. The zero-order valence-corrected chi connectivity index (χ0v) is 15.7. The summed E-state index contributed by atoms with van der Waals surface area (Å²) >= 11 is 0. The highest BCUT2D eigenvalue weighted by Gasteiger charge is 2.14. The molecule has 1 aromatic carbocycles. The normalized spacial score (nSPS) is 11.8. The molecular weight excluding hydrogens is 324 g/mol. The van der Waals surface area contributed by atoms with Crippen molar-refractivity contribution in [2.75, 3.05) is 6.61 Å². The molecule has 24 heavy (non-hydrogen) atoms. The molecule has 0 unspecified atom stereocenters. The van der Waals surface area contributed by atoms with Crippen molar-refractivity contribution in [1.82, 2.24) is 0 Å². The third-order valence-corrected chi connectivity index (χ3v) is 5.10. The van der Waals surface area contributed by atoms with Gasteiger partial charge in [-0.05, 0) is 18.1 Å². The van der Waals surface area contributed by atoms with Gasteiger partial charge in [0.25, 0.3) is 10.1 Å². The summed E-state index contributed by atoms with van der Waals surface area (Å²) in [6, 6.07) is 6.40. The fourth-order valence-electron chi connectivity index (χ4n) is 2.75. The predicted molar refractivity (Wildman–Crippen MR) is 97.8 cm³/mol. The minimum absolute atomic E-state index is 0.0620. The molecule has 0 spiro atoms. The highest BCUT2D eigenvalue weighted by molar-refractivity contribution is 7.85. The first kappa shape index (κ1) is 21.1. The Labute approximate surface area is 147 Å². The van der Waals surface area contributed by atoms with Gasteiger partial charge in [-0.15, -0.1) is 0 Å². The number of ether oxygens (including phenoxy) is 1. The van der Waals surface area contributed by atoms with Crippen molar-refractivity contribution in [3.63, 3.8) is 0 Å². The second-order valence-corrected chi connectivity index (χ2v) is 7.71. The van der Waals surface area contributed by atoms with E-state index in [4.69, 9.17) is 4.74 Å². The molecule has 138 valence electrons. The van der Waals surface area contributed by atoms with Crippen LogP contribution in [0, 0.1) is 0 Å². The number of rotatable bonds is 14. The lowest BCUT2D eigenvalue weighted by molar-refractivity contribution is 0.115. The van der Waals surface area contributed by atoms with E-state index < -0.39 is 10.1 Å². The van der Waals surface area contributed by atoms with Crippen LogP contribution in [0.5, 0.6) is 0 Å². The summed E-state index contributed by atoms with van der Waals surface area (Å²) in [5, 5.41) is 0. The van der Waals surface area contributed by atoms with Crippen molar-refractivity contribution < 1.29 is 17.7 Å². The van der Waals surface area contributed by atoms with Crippen LogP contribution in [0.15, 0.2) is 29.2 Å². The molecule has 0 radical (unpaired) electrons. The Morgan fingerprint density at radius 1 is 0.875 bits per heavy atom. The summed E-state index contributed by atoms with van der Waals surface area (Å²) in [6.45, 7) is 3.08. The average molecular weight is 357 g/mol. The Balaban J connectivity index is 2.05. The molecule has 0 aliphatic rings. The Morgan fingerprint density at radius 3 is 2.00 bits per heavy atom. The van der Waals surface area contributed by atoms with Gasteiger partial charge < -0.3 is 4.74 Å². The zero-order valence-electron chi connectivity index (χ0n) is 14.9. The van der Waals surface area contributed by atoms with E-state index in [-0.39, 0.29) is 11.5 Å². The van der Waals surface area contributed by atoms with E-state index in [0.717, 1.165) is 12.8 Å². The van der Waals surface area contributed by atoms with Crippen molar-refractivity contribution in [2.45, 2.75) is 82.6 Å². The number of hydrogen-bond donors (Lipinski definition) is 1. The van der Waals surface area contributed by atoms with E-state index >= 15 is 0 Å². The highest BCUT2D eigenvalue weighted by atomic mass is 32.2. The maximum atomic E-state index is 11.3. The van der Waals surface area contributed by atoms with Crippen molar-refractivity contribution >= 4 is 10.1 Å². The molecule has 0 heterocycles. The standard InChI is InChI=1S/C19H32O4S/c1-2-3-4-5-6-7-8-9-10-13-16-23-17-18-14-11-12-15-19(18)24(20,21)22/h11-12,14-15H,2-10,13,16-17H2,1H3,(H,20,21,22). The predicted octanol–water partition coefficient (Wildman–Crippen LogP) is 5.37. The molecule has 0 atom stereocenters.